The van der Waals surface area contributed by atoms with Crippen LogP contribution in [0.5, 0.6) is 0 Å². The molecule has 54 heavy (non-hydrogen) atoms. The van der Waals surface area contributed by atoms with Crippen LogP contribution < -0.4 is 4.90 Å². The van der Waals surface area contributed by atoms with Crippen LogP contribution in [0.4, 0.5) is 17.1 Å². The molecule has 1 aromatic heterocycles. The molecule has 0 unspecified atom stereocenters. The summed E-state index contributed by atoms with van der Waals surface area (Å²) in [6.07, 6.45) is 0. The van der Waals surface area contributed by atoms with Crippen LogP contribution in [0.15, 0.2) is 212 Å². The van der Waals surface area contributed by atoms with Gasteiger partial charge >= 0.3 is 0 Å². The summed E-state index contributed by atoms with van der Waals surface area (Å²) in [6.45, 7) is 0. The van der Waals surface area contributed by atoms with Gasteiger partial charge in [-0.2, -0.15) is 0 Å². The second-order valence-corrected chi connectivity index (χ2v) is 14.8. The minimum absolute atomic E-state index is 1.10. The van der Waals surface area contributed by atoms with E-state index >= 15 is 0 Å². The van der Waals surface area contributed by atoms with E-state index in [4.69, 9.17) is 0 Å². The number of hydrogen-bond acceptors (Lipinski definition) is 2. The fourth-order valence-corrected chi connectivity index (χ4v) is 9.11. The lowest BCUT2D eigenvalue weighted by Gasteiger charge is -2.28. The van der Waals surface area contributed by atoms with Crippen LogP contribution in [0.3, 0.4) is 0 Å². The van der Waals surface area contributed by atoms with E-state index in [0.717, 1.165) is 17.1 Å². The Balaban J connectivity index is 1.13. The van der Waals surface area contributed by atoms with Crippen LogP contribution in [-0.4, -0.2) is 0 Å². The first kappa shape index (κ1) is 32.0. The quantitative estimate of drug-likeness (QED) is 0.160. The van der Waals surface area contributed by atoms with E-state index in [1.54, 1.807) is 0 Å². The predicted molar refractivity (Wildman–Crippen MR) is 233 cm³/mol. The van der Waals surface area contributed by atoms with Gasteiger partial charge in [0.25, 0.3) is 0 Å². The topological polar surface area (TPSA) is 3.24 Å². The minimum atomic E-state index is 1.10. The van der Waals surface area contributed by atoms with Gasteiger partial charge in [0.15, 0.2) is 0 Å². The van der Waals surface area contributed by atoms with E-state index in [1.165, 1.54) is 75.5 Å². The largest absolute Gasteiger partial charge is 0.310 e. The van der Waals surface area contributed by atoms with Crippen LogP contribution in [0, 0.1) is 0 Å². The molecule has 2 heteroatoms. The maximum Gasteiger partial charge on any atom is 0.0540 e. The summed E-state index contributed by atoms with van der Waals surface area (Å²) < 4.78 is 2.62. The second-order valence-electron chi connectivity index (χ2n) is 13.7. The van der Waals surface area contributed by atoms with E-state index in [0.29, 0.717) is 0 Å². The molecule has 254 valence electrons. The van der Waals surface area contributed by atoms with Crippen LogP contribution in [0.2, 0.25) is 0 Å². The molecule has 10 rings (SSSR count). The minimum Gasteiger partial charge on any atom is -0.310 e. The lowest BCUT2D eigenvalue weighted by Crippen LogP contribution is -2.11. The summed E-state index contributed by atoms with van der Waals surface area (Å²) >= 11 is 1.88. The highest BCUT2D eigenvalue weighted by atomic mass is 32.1. The summed E-state index contributed by atoms with van der Waals surface area (Å²) in [5.41, 5.74) is 13.0. The van der Waals surface area contributed by atoms with Crippen molar-refractivity contribution in [2.24, 2.45) is 0 Å². The molecule has 0 fully saturated rings. The van der Waals surface area contributed by atoms with Gasteiger partial charge in [0.2, 0.25) is 0 Å². The Morgan fingerprint density at radius 2 is 0.889 bits per heavy atom. The van der Waals surface area contributed by atoms with Gasteiger partial charge in [-0.3, -0.25) is 0 Å². The summed E-state index contributed by atoms with van der Waals surface area (Å²) in [4.78, 5) is 2.42. The Morgan fingerprint density at radius 1 is 0.315 bits per heavy atom. The van der Waals surface area contributed by atoms with E-state index in [-0.39, 0.29) is 0 Å². The highest BCUT2D eigenvalue weighted by Crippen LogP contribution is 2.46. The van der Waals surface area contributed by atoms with E-state index in [2.05, 4.69) is 217 Å². The fraction of sp³-hybridized carbons (Fsp3) is 0. The second kappa shape index (κ2) is 13.7. The zero-order valence-electron chi connectivity index (χ0n) is 29.6. The zero-order chi connectivity index (χ0) is 35.8. The number of rotatable bonds is 7. The average molecular weight is 706 g/mol. The van der Waals surface area contributed by atoms with Gasteiger partial charge in [-0.25, -0.2) is 0 Å². The molecule has 10 aromatic rings. The normalized spacial score (nSPS) is 11.3. The lowest BCUT2D eigenvalue weighted by atomic mass is 9.95. The van der Waals surface area contributed by atoms with E-state index < -0.39 is 0 Å². The van der Waals surface area contributed by atoms with Crippen molar-refractivity contribution in [1.29, 1.82) is 0 Å². The molecule has 0 aliphatic rings. The van der Waals surface area contributed by atoms with E-state index in [9.17, 15) is 0 Å². The summed E-state index contributed by atoms with van der Waals surface area (Å²) in [5.74, 6) is 0. The van der Waals surface area contributed by atoms with Gasteiger partial charge in [-0.05, 0) is 86.6 Å². The highest BCUT2D eigenvalue weighted by Gasteiger charge is 2.20. The third-order valence-corrected chi connectivity index (χ3v) is 11.7. The van der Waals surface area contributed by atoms with Crippen LogP contribution in [-0.2, 0) is 0 Å². The third kappa shape index (κ3) is 5.74. The first-order chi connectivity index (χ1) is 26.8. The van der Waals surface area contributed by atoms with Crippen molar-refractivity contribution in [3.8, 4) is 44.5 Å². The maximum absolute atomic E-state index is 2.42. The molecular weight excluding hydrogens is 671 g/mol. The summed E-state index contributed by atoms with van der Waals surface area (Å²) in [7, 11) is 0. The van der Waals surface area contributed by atoms with Gasteiger partial charge in [0.05, 0.1) is 5.69 Å². The Bertz CT molecular complexity index is 2930. The van der Waals surface area contributed by atoms with Gasteiger partial charge in [0, 0.05) is 42.7 Å². The maximum atomic E-state index is 2.42. The van der Waals surface area contributed by atoms with Crippen molar-refractivity contribution in [3.63, 3.8) is 0 Å². The molecule has 1 nitrogen and oxygen atoms in total. The van der Waals surface area contributed by atoms with Gasteiger partial charge in [-0.1, -0.05) is 170 Å². The molecule has 0 amide bonds. The van der Waals surface area contributed by atoms with Crippen molar-refractivity contribution in [1.82, 2.24) is 0 Å². The summed E-state index contributed by atoms with van der Waals surface area (Å²) in [6, 6.07) is 77.1. The SMILES string of the molecule is c1ccc(-c2ccc(N(c3cccc(-c4cccc(-c5cccc6ccccc56)c4)c3)c3ccccc3-c3cccc4c3sc3ccccc34)cc2)cc1. The van der Waals surface area contributed by atoms with Crippen molar-refractivity contribution in [2.45, 2.75) is 0 Å². The molecular formula is C52H35NS. The third-order valence-electron chi connectivity index (χ3n) is 10.5. The fourth-order valence-electron chi connectivity index (χ4n) is 7.88. The Morgan fingerprint density at radius 3 is 1.78 bits per heavy atom. The van der Waals surface area contributed by atoms with Crippen LogP contribution in [0.1, 0.15) is 0 Å². The van der Waals surface area contributed by atoms with Crippen molar-refractivity contribution >= 4 is 59.3 Å². The highest BCUT2D eigenvalue weighted by molar-refractivity contribution is 7.26. The molecule has 0 atom stereocenters. The first-order valence-electron chi connectivity index (χ1n) is 18.4. The number of hydrogen-bond donors (Lipinski definition) is 0. The smallest absolute Gasteiger partial charge is 0.0540 e. The average Bonchev–Trinajstić information content (AvgIpc) is 3.64. The number of nitrogens with zero attached hydrogens (tertiary/aromatic N) is 1. The Hall–Kier alpha value is -6.74. The zero-order valence-corrected chi connectivity index (χ0v) is 30.4. The first-order valence-corrected chi connectivity index (χ1v) is 19.2. The molecule has 9 aromatic carbocycles. The Kier molecular flexibility index (Phi) is 8.09. The number of anilines is 3. The van der Waals surface area contributed by atoms with Crippen LogP contribution in [0.25, 0.3) is 75.5 Å². The molecule has 0 aliphatic carbocycles. The molecule has 0 aliphatic heterocycles. The Labute approximate surface area is 319 Å². The molecule has 0 spiro atoms. The summed E-state index contributed by atoms with van der Waals surface area (Å²) in [5, 5.41) is 5.13. The predicted octanol–water partition coefficient (Wildman–Crippen LogP) is 15.3. The van der Waals surface area contributed by atoms with E-state index in [1.807, 2.05) is 11.3 Å². The monoisotopic (exact) mass is 705 g/mol. The molecule has 0 saturated heterocycles. The number of thiophene rings is 1. The van der Waals surface area contributed by atoms with Crippen molar-refractivity contribution in [3.05, 3.63) is 212 Å². The van der Waals surface area contributed by atoms with Gasteiger partial charge in [-0.15, -0.1) is 11.3 Å². The standard InChI is InChI=1S/C52H35NS/c1-2-14-36(15-3-1)37-30-32-42(33-31-37)53(50-28-8-6-23-46(50)48-26-13-27-49-47-24-7-9-29-51(47)54-52(48)49)43-21-11-19-40(35-43)39-18-10-20-41(34-39)45-25-12-17-38-16-4-5-22-44(38)45/h1-35H. The molecule has 1 heterocycles. The molecule has 0 N–H and O–H groups in total. The van der Waals surface area contributed by atoms with Crippen molar-refractivity contribution in [2.75, 3.05) is 4.90 Å². The number of benzene rings is 9. The van der Waals surface area contributed by atoms with Crippen LogP contribution >= 0.6 is 11.3 Å². The number of para-hydroxylation sites is 1. The van der Waals surface area contributed by atoms with Crippen molar-refractivity contribution < 1.29 is 0 Å². The van der Waals surface area contributed by atoms with Gasteiger partial charge < -0.3 is 4.90 Å². The number of fused-ring (bicyclic) bond motifs is 4. The molecule has 0 radical (unpaired) electrons. The van der Waals surface area contributed by atoms with Gasteiger partial charge in [0.1, 0.15) is 0 Å². The molecule has 0 saturated carbocycles. The molecule has 0 bridgehead atoms. The lowest BCUT2D eigenvalue weighted by molar-refractivity contribution is 1.28.